The van der Waals surface area contributed by atoms with Gasteiger partial charge in [0.15, 0.2) is 11.5 Å². The summed E-state index contributed by atoms with van der Waals surface area (Å²) in [7, 11) is 2.94. The van der Waals surface area contributed by atoms with Gasteiger partial charge in [0.2, 0.25) is 11.7 Å². The molecule has 2 amide bonds. The Kier molecular flexibility index (Phi) is 8.34. The third kappa shape index (κ3) is 6.12. The first-order chi connectivity index (χ1) is 18.7. The molecule has 2 N–H and O–H groups in total. The molecule has 0 saturated carbocycles. The van der Waals surface area contributed by atoms with E-state index in [1.54, 1.807) is 25.1 Å². The molecule has 0 aromatic heterocycles. The van der Waals surface area contributed by atoms with E-state index >= 15 is 0 Å². The summed E-state index contributed by atoms with van der Waals surface area (Å²) in [6.45, 7) is 6.06. The summed E-state index contributed by atoms with van der Waals surface area (Å²) in [6.07, 6.45) is 1.37. The van der Waals surface area contributed by atoms with Crippen LogP contribution in [0.1, 0.15) is 42.5 Å². The molecule has 0 unspecified atom stereocenters. The number of allylic oxidation sites excluding steroid dienone is 2. The lowest BCUT2D eigenvalue weighted by molar-refractivity contribution is -0.115. The number of fused-ring (bicyclic) bond motifs is 1. The highest BCUT2D eigenvalue weighted by Crippen LogP contribution is 2.45. The van der Waals surface area contributed by atoms with E-state index in [4.69, 9.17) is 14.2 Å². The minimum atomic E-state index is -0.626. The summed E-state index contributed by atoms with van der Waals surface area (Å²) in [5.41, 5.74) is 6.38. The van der Waals surface area contributed by atoms with Crippen LogP contribution in [0.15, 0.2) is 60.2 Å². The van der Waals surface area contributed by atoms with E-state index in [9.17, 15) is 14.0 Å². The molecule has 202 valence electrons. The number of rotatable bonds is 8. The van der Waals surface area contributed by atoms with Crippen molar-refractivity contribution in [2.45, 2.75) is 27.2 Å². The number of amides is 2. The second-order valence-electron chi connectivity index (χ2n) is 9.12. The highest BCUT2D eigenvalue weighted by Gasteiger charge is 2.26. The molecule has 0 bridgehead atoms. The quantitative estimate of drug-likeness (QED) is 0.342. The number of nitrogens with one attached hydrogen (secondary N) is 2. The van der Waals surface area contributed by atoms with Crippen LogP contribution in [0.5, 0.6) is 17.2 Å². The molecule has 4 rings (SSSR count). The Morgan fingerprint density at radius 3 is 2.31 bits per heavy atom. The number of anilines is 1. The molecule has 7 nitrogen and oxygen atoms in total. The first kappa shape index (κ1) is 27.4. The molecular weight excluding hydrogens is 499 g/mol. The van der Waals surface area contributed by atoms with Gasteiger partial charge in [0.25, 0.3) is 0 Å². The van der Waals surface area contributed by atoms with Crippen LogP contribution in [0, 0.1) is 12.7 Å². The molecule has 3 aromatic carbocycles. The van der Waals surface area contributed by atoms with Crippen molar-refractivity contribution in [2.24, 2.45) is 0 Å². The van der Waals surface area contributed by atoms with Crippen molar-refractivity contribution >= 4 is 34.9 Å². The Morgan fingerprint density at radius 1 is 0.949 bits per heavy atom. The third-order valence-corrected chi connectivity index (χ3v) is 6.40. The van der Waals surface area contributed by atoms with E-state index in [2.05, 4.69) is 10.6 Å². The molecule has 0 heterocycles. The SMILES string of the molecule is CCNC(=O)Oc1c(OC)cc(/C=C2/C(C)=C(CC(=O)Nc3cccc(C)c3)c3cc(F)ccc32)cc1OC. The molecule has 39 heavy (non-hydrogen) atoms. The van der Waals surface area contributed by atoms with Crippen LogP contribution in [-0.4, -0.2) is 32.8 Å². The fourth-order valence-electron chi connectivity index (χ4n) is 4.59. The predicted octanol–water partition coefficient (Wildman–Crippen LogP) is 6.62. The lowest BCUT2D eigenvalue weighted by Gasteiger charge is -2.15. The van der Waals surface area contributed by atoms with E-state index in [0.717, 1.165) is 27.8 Å². The number of aryl methyl sites for hydroxylation is 1. The van der Waals surface area contributed by atoms with E-state index in [1.165, 1.54) is 26.4 Å². The molecule has 1 aliphatic carbocycles. The Hall–Kier alpha value is -4.59. The Labute approximate surface area is 227 Å². The van der Waals surface area contributed by atoms with Crippen LogP contribution in [0.3, 0.4) is 0 Å². The smallest absolute Gasteiger partial charge is 0.412 e. The average molecular weight is 531 g/mol. The van der Waals surface area contributed by atoms with E-state index in [1.807, 2.05) is 44.2 Å². The van der Waals surface area contributed by atoms with Gasteiger partial charge in [-0.2, -0.15) is 0 Å². The average Bonchev–Trinajstić information content (AvgIpc) is 3.14. The van der Waals surface area contributed by atoms with Crippen LogP contribution in [-0.2, 0) is 4.79 Å². The first-order valence-corrected chi connectivity index (χ1v) is 12.5. The molecular formula is C31H31FN2O5. The maximum atomic E-state index is 14.3. The van der Waals surface area contributed by atoms with Crippen molar-refractivity contribution in [3.05, 3.63) is 88.2 Å². The summed E-state index contributed by atoms with van der Waals surface area (Å²) < 4.78 is 30.7. The van der Waals surface area contributed by atoms with Gasteiger partial charge in [-0.3, -0.25) is 4.79 Å². The molecule has 1 aliphatic rings. The van der Waals surface area contributed by atoms with Gasteiger partial charge in [0, 0.05) is 12.2 Å². The zero-order chi connectivity index (χ0) is 28.1. The second-order valence-corrected chi connectivity index (χ2v) is 9.12. The summed E-state index contributed by atoms with van der Waals surface area (Å²) in [4.78, 5) is 25.0. The number of benzene rings is 3. The monoisotopic (exact) mass is 530 g/mol. The van der Waals surface area contributed by atoms with Gasteiger partial charge >= 0.3 is 6.09 Å². The molecule has 0 saturated heterocycles. The molecule has 0 aliphatic heterocycles. The van der Waals surface area contributed by atoms with E-state index in [-0.39, 0.29) is 23.9 Å². The number of carbonyl (C=O) groups is 2. The van der Waals surface area contributed by atoms with Crippen molar-refractivity contribution in [1.82, 2.24) is 5.32 Å². The maximum Gasteiger partial charge on any atom is 0.412 e. The molecule has 3 aromatic rings. The van der Waals surface area contributed by atoms with E-state index in [0.29, 0.717) is 34.9 Å². The molecule has 0 atom stereocenters. The van der Waals surface area contributed by atoms with Crippen molar-refractivity contribution in [2.75, 3.05) is 26.1 Å². The fraction of sp³-hybridized carbons (Fsp3) is 0.226. The summed E-state index contributed by atoms with van der Waals surface area (Å²) >= 11 is 0. The van der Waals surface area contributed by atoms with Gasteiger partial charge in [-0.25, -0.2) is 9.18 Å². The van der Waals surface area contributed by atoms with Crippen LogP contribution < -0.4 is 24.8 Å². The van der Waals surface area contributed by atoms with Crippen LogP contribution in [0.2, 0.25) is 0 Å². The van der Waals surface area contributed by atoms with Crippen LogP contribution >= 0.6 is 0 Å². The zero-order valence-corrected chi connectivity index (χ0v) is 22.6. The van der Waals surface area contributed by atoms with Gasteiger partial charge in [-0.05, 0) is 102 Å². The number of ether oxygens (including phenoxy) is 3. The molecule has 0 radical (unpaired) electrons. The van der Waals surface area contributed by atoms with Gasteiger partial charge in [-0.1, -0.05) is 18.2 Å². The van der Waals surface area contributed by atoms with Crippen molar-refractivity contribution in [3.8, 4) is 17.2 Å². The normalized spacial score (nSPS) is 13.2. The first-order valence-electron chi connectivity index (χ1n) is 12.5. The van der Waals surface area contributed by atoms with Crippen LogP contribution in [0.4, 0.5) is 14.9 Å². The largest absolute Gasteiger partial charge is 0.493 e. The highest BCUT2D eigenvalue weighted by atomic mass is 19.1. The fourth-order valence-corrected chi connectivity index (χ4v) is 4.59. The molecule has 0 fully saturated rings. The second kappa shape index (κ2) is 11.9. The Morgan fingerprint density at radius 2 is 1.67 bits per heavy atom. The topological polar surface area (TPSA) is 85.9 Å². The van der Waals surface area contributed by atoms with Gasteiger partial charge in [-0.15, -0.1) is 0 Å². The van der Waals surface area contributed by atoms with Crippen LogP contribution in [0.25, 0.3) is 17.2 Å². The lowest BCUT2D eigenvalue weighted by Crippen LogP contribution is -2.26. The lowest BCUT2D eigenvalue weighted by atomic mass is 10.00. The number of carbonyl (C=O) groups excluding carboxylic acids is 2. The minimum absolute atomic E-state index is 0.0829. The number of methoxy groups -OCH3 is 2. The van der Waals surface area contributed by atoms with E-state index < -0.39 is 6.09 Å². The Bertz CT molecular complexity index is 1470. The van der Waals surface area contributed by atoms with Crippen molar-refractivity contribution < 1.29 is 28.2 Å². The summed E-state index contributed by atoms with van der Waals surface area (Å²) in [5.74, 6) is 0.201. The third-order valence-electron chi connectivity index (χ3n) is 6.40. The standard InChI is InChI=1S/C31H31FN2O5/c1-6-33-31(36)39-30-27(37-4)14-20(15-28(30)38-5)13-24-19(3)25(26-16-21(32)10-11-23(24)26)17-29(35)34-22-9-7-8-18(2)12-22/h7-16H,6,17H2,1-5H3,(H,33,36)(H,34,35)/b24-13-. The molecule has 0 spiro atoms. The highest BCUT2D eigenvalue weighted by molar-refractivity contribution is 6.10. The molecule has 8 heteroatoms. The predicted molar refractivity (Wildman–Crippen MR) is 151 cm³/mol. The van der Waals surface area contributed by atoms with Gasteiger partial charge < -0.3 is 24.8 Å². The Balaban J connectivity index is 1.72. The number of halogens is 1. The number of hydrogen-bond donors (Lipinski definition) is 2. The minimum Gasteiger partial charge on any atom is -0.493 e. The van der Waals surface area contributed by atoms with Gasteiger partial charge in [0.05, 0.1) is 20.6 Å². The van der Waals surface area contributed by atoms with Crippen molar-refractivity contribution in [1.29, 1.82) is 0 Å². The number of hydrogen-bond acceptors (Lipinski definition) is 5. The maximum absolute atomic E-state index is 14.3. The summed E-state index contributed by atoms with van der Waals surface area (Å²) in [6, 6.07) is 15.6. The summed E-state index contributed by atoms with van der Waals surface area (Å²) in [5, 5.41) is 5.51. The van der Waals surface area contributed by atoms with Crippen molar-refractivity contribution in [3.63, 3.8) is 0 Å². The zero-order valence-electron chi connectivity index (χ0n) is 22.6. The van der Waals surface area contributed by atoms with Gasteiger partial charge in [0.1, 0.15) is 5.82 Å².